The Bertz CT molecular complexity index is 417. The van der Waals surface area contributed by atoms with Crippen LogP contribution in [0.2, 0.25) is 0 Å². The molecular weight excluding hydrogens is 268 g/mol. The third-order valence-electron chi connectivity index (χ3n) is 2.11. The maximum absolute atomic E-state index is 11.5. The molecule has 2 rings (SSSR count). The van der Waals surface area contributed by atoms with Crippen molar-refractivity contribution in [3.8, 4) is 0 Å². The van der Waals surface area contributed by atoms with Crippen molar-refractivity contribution in [1.82, 2.24) is 10.6 Å². The summed E-state index contributed by atoms with van der Waals surface area (Å²) in [6, 6.07) is 3.23. The van der Waals surface area contributed by atoms with Crippen LogP contribution < -0.4 is 10.6 Å². The summed E-state index contributed by atoms with van der Waals surface area (Å²) in [6.07, 6.45) is 0. The average molecular weight is 275 g/mol. The number of imide groups is 1. The highest BCUT2D eigenvalue weighted by atomic mass is 79.9. The van der Waals surface area contributed by atoms with Crippen molar-refractivity contribution < 1.29 is 9.59 Å². The summed E-state index contributed by atoms with van der Waals surface area (Å²) in [7, 11) is 0. The van der Waals surface area contributed by atoms with E-state index in [-0.39, 0.29) is 5.91 Å². The van der Waals surface area contributed by atoms with Crippen molar-refractivity contribution in [2.24, 2.45) is 0 Å². The SMILES string of the molecule is C[C@]1(c2ccc(Br)s2)NC(=O)NC1=O. The zero-order chi connectivity index (χ0) is 10.3. The number of hydrogen-bond donors (Lipinski definition) is 2. The van der Waals surface area contributed by atoms with E-state index in [4.69, 9.17) is 0 Å². The molecule has 1 saturated heterocycles. The van der Waals surface area contributed by atoms with E-state index in [2.05, 4.69) is 26.6 Å². The van der Waals surface area contributed by atoms with E-state index in [9.17, 15) is 9.59 Å². The molecule has 0 unspecified atom stereocenters. The van der Waals surface area contributed by atoms with Crippen LogP contribution in [0.25, 0.3) is 0 Å². The first-order valence-corrected chi connectivity index (χ1v) is 5.53. The molecule has 6 heteroatoms. The Hall–Kier alpha value is -0.880. The van der Waals surface area contributed by atoms with Crippen LogP contribution in [0.15, 0.2) is 15.9 Å². The van der Waals surface area contributed by atoms with E-state index in [1.54, 1.807) is 6.92 Å². The lowest BCUT2D eigenvalue weighted by molar-refractivity contribution is -0.123. The molecule has 1 aromatic rings. The van der Waals surface area contributed by atoms with Gasteiger partial charge in [-0.25, -0.2) is 4.79 Å². The van der Waals surface area contributed by atoms with Crippen LogP contribution in [0.3, 0.4) is 0 Å². The standard InChI is InChI=1S/C8H7BrN2O2S/c1-8(4-2-3-5(9)14-4)6(12)10-7(13)11-8/h2-3H,1H3,(H2,10,11,12,13)/t8-/m1/s1. The first-order chi connectivity index (χ1) is 6.52. The molecule has 0 spiro atoms. The van der Waals surface area contributed by atoms with Gasteiger partial charge >= 0.3 is 6.03 Å². The van der Waals surface area contributed by atoms with Gasteiger partial charge in [0, 0.05) is 4.88 Å². The van der Waals surface area contributed by atoms with Gasteiger partial charge in [0.05, 0.1) is 3.79 Å². The maximum atomic E-state index is 11.5. The lowest BCUT2D eigenvalue weighted by Crippen LogP contribution is -2.39. The third kappa shape index (κ3) is 1.34. The molecule has 74 valence electrons. The van der Waals surface area contributed by atoms with Crippen LogP contribution in [0.5, 0.6) is 0 Å². The molecule has 1 atom stereocenters. The minimum atomic E-state index is -0.923. The molecule has 0 aliphatic carbocycles. The molecule has 0 radical (unpaired) electrons. The van der Waals surface area contributed by atoms with Crippen molar-refractivity contribution in [2.75, 3.05) is 0 Å². The fourth-order valence-corrected chi connectivity index (χ4v) is 2.79. The molecule has 2 heterocycles. The minimum absolute atomic E-state index is 0.308. The molecule has 14 heavy (non-hydrogen) atoms. The van der Waals surface area contributed by atoms with Gasteiger partial charge < -0.3 is 5.32 Å². The summed E-state index contributed by atoms with van der Waals surface area (Å²) in [5, 5.41) is 4.82. The molecule has 0 saturated carbocycles. The smallest absolute Gasteiger partial charge is 0.319 e. The highest BCUT2D eigenvalue weighted by Gasteiger charge is 2.44. The lowest BCUT2D eigenvalue weighted by Gasteiger charge is -2.17. The molecule has 1 fully saturated rings. The fraction of sp³-hybridized carbons (Fsp3) is 0.250. The normalized spacial score (nSPS) is 26.1. The first-order valence-electron chi connectivity index (χ1n) is 3.92. The molecule has 3 amide bonds. The van der Waals surface area contributed by atoms with Crippen LogP contribution in [-0.4, -0.2) is 11.9 Å². The van der Waals surface area contributed by atoms with Gasteiger partial charge in [-0.15, -0.1) is 11.3 Å². The van der Waals surface area contributed by atoms with E-state index in [1.807, 2.05) is 12.1 Å². The maximum Gasteiger partial charge on any atom is 0.322 e. The van der Waals surface area contributed by atoms with Crippen LogP contribution in [0.4, 0.5) is 4.79 Å². The molecule has 1 aliphatic heterocycles. The first kappa shape index (κ1) is 9.67. The topological polar surface area (TPSA) is 58.2 Å². The minimum Gasteiger partial charge on any atom is -0.319 e. The zero-order valence-corrected chi connectivity index (χ0v) is 9.66. The van der Waals surface area contributed by atoms with Crippen LogP contribution in [0.1, 0.15) is 11.8 Å². The Kier molecular flexibility index (Phi) is 2.11. The molecule has 4 nitrogen and oxygen atoms in total. The molecule has 0 aromatic carbocycles. The summed E-state index contributed by atoms with van der Waals surface area (Å²) < 4.78 is 0.933. The van der Waals surface area contributed by atoms with E-state index in [1.165, 1.54) is 11.3 Å². The van der Waals surface area contributed by atoms with Crippen molar-refractivity contribution in [3.05, 3.63) is 20.8 Å². The van der Waals surface area contributed by atoms with Gasteiger partial charge in [0.1, 0.15) is 0 Å². The Morgan fingerprint density at radius 3 is 2.57 bits per heavy atom. The number of amides is 3. The summed E-state index contributed by atoms with van der Waals surface area (Å²) in [5.41, 5.74) is -0.923. The number of carbonyl (C=O) groups excluding carboxylic acids is 2. The average Bonchev–Trinajstić information content (AvgIpc) is 2.59. The van der Waals surface area contributed by atoms with Gasteiger partial charge in [0.2, 0.25) is 0 Å². The van der Waals surface area contributed by atoms with Crippen LogP contribution >= 0.6 is 27.3 Å². The monoisotopic (exact) mass is 274 g/mol. The molecular formula is C8H7BrN2O2S. The summed E-state index contributed by atoms with van der Waals surface area (Å²) >= 11 is 4.74. The Morgan fingerprint density at radius 1 is 1.43 bits per heavy atom. The van der Waals surface area contributed by atoms with E-state index < -0.39 is 11.6 Å². The highest BCUT2D eigenvalue weighted by Crippen LogP contribution is 2.32. The second-order valence-corrected chi connectivity index (χ2v) is 5.60. The number of carbonyl (C=O) groups is 2. The second kappa shape index (κ2) is 3.06. The Labute approximate surface area is 92.8 Å². The summed E-state index contributed by atoms with van der Waals surface area (Å²) in [6.45, 7) is 1.69. The van der Waals surface area contributed by atoms with Crippen molar-refractivity contribution in [3.63, 3.8) is 0 Å². The van der Waals surface area contributed by atoms with E-state index in [0.717, 1.165) is 8.66 Å². The molecule has 1 aromatic heterocycles. The van der Waals surface area contributed by atoms with Gasteiger partial charge in [0.25, 0.3) is 5.91 Å². The largest absolute Gasteiger partial charge is 0.322 e. The Morgan fingerprint density at radius 2 is 2.14 bits per heavy atom. The Balaban J connectivity index is 2.42. The van der Waals surface area contributed by atoms with E-state index >= 15 is 0 Å². The van der Waals surface area contributed by atoms with Crippen LogP contribution in [0, 0.1) is 0 Å². The third-order valence-corrected chi connectivity index (χ3v) is 3.96. The fourth-order valence-electron chi connectivity index (χ4n) is 1.30. The quantitative estimate of drug-likeness (QED) is 0.764. The van der Waals surface area contributed by atoms with Crippen molar-refractivity contribution >= 4 is 39.2 Å². The number of halogens is 1. The van der Waals surface area contributed by atoms with E-state index in [0.29, 0.717) is 0 Å². The number of rotatable bonds is 1. The van der Waals surface area contributed by atoms with Crippen molar-refractivity contribution in [1.29, 1.82) is 0 Å². The van der Waals surface area contributed by atoms with Crippen molar-refractivity contribution in [2.45, 2.75) is 12.5 Å². The molecule has 2 N–H and O–H groups in total. The summed E-state index contributed by atoms with van der Waals surface area (Å²) in [5.74, 6) is -0.308. The molecule has 1 aliphatic rings. The van der Waals surface area contributed by atoms with Gasteiger partial charge in [-0.05, 0) is 35.0 Å². The van der Waals surface area contributed by atoms with Gasteiger partial charge in [-0.2, -0.15) is 0 Å². The highest BCUT2D eigenvalue weighted by molar-refractivity contribution is 9.11. The number of urea groups is 1. The van der Waals surface area contributed by atoms with Gasteiger partial charge in [0.15, 0.2) is 5.54 Å². The number of hydrogen-bond acceptors (Lipinski definition) is 3. The number of thiophene rings is 1. The predicted molar refractivity (Wildman–Crippen MR) is 56.0 cm³/mol. The second-order valence-electron chi connectivity index (χ2n) is 3.14. The molecule has 0 bridgehead atoms. The lowest BCUT2D eigenvalue weighted by atomic mass is 10.0. The number of nitrogens with one attached hydrogen (secondary N) is 2. The zero-order valence-electron chi connectivity index (χ0n) is 7.26. The van der Waals surface area contributed by atoms with Gasteiger partial charge in [-0.3, -0.25) is 10.1 Å². The summed E-state index contributed by atoms with van der Waals surface area (Å²) in [4.78, 5) is 23.3. The predicted octanol–water partition coefficient (Wildman–Crippen LogP) is 1.57. The van der Waals surface area contributed by atoms with Crippen LogP contribution in [-0.2, 0) is 10.3 Å². The van der Waals surface area contributed by atoms with Gasteiger partial charge in [-0.1, -0.05) is 0 Å².